The van der Waals surface area contributed by atoms with Crippen LogP contribution in [-0.4, -0.2) is 37.6 Å². The second-order valence-corrected chi connectivity index (χ2v) is 12.5. The summed E-state index contributed by atoms with van der Waals surface area (Å²) in [4.78, 5) is 23.5. The van der Waals surface area contributed by atoms with Gasteiger partial charge in [0, 0.05) is 24.0 Å². The maximum atomic E-state index is 12.1. The summed E-state index contributed by atoms with van der Waals surface area (Å²) in [5, 5.41) is 48.0. The molecule has 3 aromatic carbocycles. The van der Waals surface area contributed by atoms with Gasteiger partial charge in [-0.3, -0.25) is 9.59 Å². The number of benzene rings is 3. The van der Waals surface area contributed by atoms with Gasteiger partial charge < -0.3 is 34.7 Å². The minimum Gasteiger partial charge on any atom is -0.508 e. The van der Waals surface area contributed by atoms with E-state index in [2.05, 4.69) is 13.0 Å². The Balaban J connectivity index is 0.000000157. The van der Waals surface area contributed by atoms with Crippen molar-refractivity contribution >= 4 is 16.9 Å². The molecule has 7 rings (SSSR count). The van der Waals surface area contributed by atoms with E-state index in [1.807, 2.05) is 12.1 Å². The largest absolute Gasteiger partial charge is 0.508 e. The normalized spacial score (nSPS) is 25.2. The van der Waals surface area contributed by atoms with Crippen LogP contribution in [0.25, 0.3) is 22.3 Å². The number of phenolic OH excluding ortho intramolecular Hbond substituents is 4. The standard InChI is InChI=1S/C20H26O3.C15H10O6/c1-12(21)23-19-8-7-18-17-5-3-13-11-14(22)4-6-15(13)16(17)9-10-20(18,19)2;16-8-2-3-9-12(6-8)21-15(14(20)13(9)19)7-1-4-10(17)11(18)5-7/h4,6,11,16-19,22H,3,5,7-10H2,1-2H3;1-6,16-18,20H. The first kappa shape index (κ1) is 29.4. The van der Waals surface area contributed by atoms with Crippen molar-refractivity contribution in [2.24, 2.45) is 17.3 Å². The lowest BCUT2D eigenvalue weighted by Crippen LogP contribution is -2.45. The van der Waals surface area contributed by atoms with Gasteiger partial charge in [0.25, 0.3) is 0 Å². The van der Waals surface area contributed by atoms with Crippen LogP contribution in [0.4, 0.5) is 0 Å². The molecule has 0 saturated heterocycles. The van der Waals surface area contributed by atoms with E-state index in [0.717, 1.165) is 25.3 Å². The number of hydrogen-bond acceptors (Lipinski definition) is 9. The molecular formula is C35H36O9. The second kappa shape index (κ2) is 11.1. The van der Waals surface area contributed by atoms with Crippen LogP contribution in [0.15, 0.2) is 63.8 Å². The fraction of sp³-hybridized carbons (Fsp3) is 0.371. The number of hydrogen-bond donors (Lipinski definition) is 5. The molecule has 9 nitrogen and oxygen atoms in total. The summed E-state index contributed by atoms with van der Waals surface area (Å²) >= 11 is 0. The second-order valence-electron chi connectivity index (χ2n) is 12.5. The number of rotatable bonds is 2. The monoisotopic (exact) mass is 600 g/mol. The van der Waals surface area contributed by atoms with Gasteiger partial charge >= 0.3 is 5.97 Å². The van der Waals surface area contributed by atoms with Gasteiger partial charge in [-0.1, -0.05) is 13.0 Å². The van der Waals surface area contributed by atoms with E-state index >= 15 is 0 Å². The molecule has 44 heavy (non-hydrogen) atoms. The molecule has 0 bridgehead atoms. The lowest BCUT2D eigenvalue weighted by Gasteiger charge is -2.50. The van der Waals surface area contributed by atoms with E-state index in [-0.39, 0.29) is 51.3 Å². The fourth-order valence-electron chi connectivity index (χ4n) is 7.95. The highest BCUT2D eigenvalue weighted by molar-refractivity contribution is 5.83. The molecule has 0 spiro atoms. The SMILES string of the molecule is CC(=O)OC1CCC2C3CCc4cc(O)ccc4C3CCC12C.O=c1c(O)c(-c2ccc(O)c(O)c2)oc2cc(O)ccc12. The topological polar surface area (TPSA) is 158 Å². The molecule has 9 heteroatoms. The molecule has 2 saturated carbocycles. The minimum absolute atomic E-state index is 0.0872. The average Bonchev–Trinajstić information content (AvgIpc) is 3.31. The van der Waals surface area contributed by atoms with Crippen LogP contribution in [0.1, 0.15) is 63.0 Å². The summed E-state index contributed by atoms with van der Waals surface area (Å²) in [5.74, 6) is 0.626. The predicted octanol–water partition coefficient (Wildman–Crippen LogP) is 6.46. The van der Waals surface area contributed by atoms with Crippen molar-refractivity contribution in [2.45, 2.75) is 64.4 Å². The molecule has 0 aliphatic heterocycles. The lowest BCUT2D eigenvalue weighted by atomic mass is 9.55. The van der Waals surface area contributed by atoms with Crippen molar-refractivity contribution in [3.05, 3.63) is 75.9 Å². The minimum atomic E-state index is -0.654. The van der Waals surface area contributed by atoms with Crippen molar-refractivity contribution in [3.8, 4) is 40.1 Å². The first-order chi connectivity index (χ1) is 21.0. The van der Waals surface area contributed by atoms with Crippen LogP contribution in [0.5, 0.6) is 28.7 Å². The Bertz CT molecular complexity index is 1810. The summed E-state index contributed by atoms with van der Waals surface area (Å²) < 4.78 is 11.1. The number of ether oxygens (including phenoxy) is 1. The van der Waals surface area contributed by atoms with Gasteiger partial charge in [0.15, 0.2) is 17.3 Å². The van der Waals surface area contributed by atoms with E-state index < -0.39 is 16.9 Å². The van der Waals surface area contributed by atoms with E-state index in [4.69, 9.17) is 9.15 Å². The van der Waals surface area contributed by atoms with Crippen molar-refractivity contribution in [1.82, 2.24) is 0 Å². The first-order valence-electron chi connectivity index (χ1n) is 15.0. The lowest BCUT2D eigenvalue weighted by molar-refractivity contribution is -0.154. The average molecular weight is 601 g/mol. The molecule has 2 fully saturated rings. The van der Waals surface area contributed by atoms with Crippen LogP contribution in [0.3, 0.4) is 0 Å². The smallest absolute Gasteiger partial charge is 0.302 e. The van der Waals surface area contributed by atoms with Gasteiger partial charge in [0.2, 0.25) is 11.2 Å². The summed E-state index contributed by atoms with van der Waals surface area (Å²) in [5.41, 5.74) is 2.60. The summed E-state index contributed by atoms with van der Waals surface area (Å²) in [6.45, 7) is 3.88. The number of esters is 1. The Hall–Kier alpha value is -4.66. The van der Waals surface area contributed by atoms with Crippen molar-refractivity contribution in [2.75, 3.05) is 0 Å². The predicted molar refractivity (Wildman–Crippen MR) is 163 cm³/mol. The zero-order valence-electron chi connectivity index (χ0n) is 24.6. The number of carbonyl (C=O) groups excluding carboxylic acids is 1. The van der Waals surface area contributed by atoms with Crippen LogP contribution in [0, 0.1) is 17.3 Å². The Morgan fingerprint density at radius 3 is 2.39 bits per heavy atom. The van der Waals surface area contributed by atoms with Crippen molar-refractivity contribution in [3.63, 3.8) is 0 Å². The molecule has 4 aromatic rings. The Labute approximate surface area is 254 Å². The molecule has 5 atom stereocenters. The number of fused-ring (bicyclic) bond motifs is 6. The molecule has 3 aliphatic rings. The molecule has 5 unspecified atom stereocenters. The van der Waals surface area contributed by atoms with E-state index in [1.165, 1.54) is 67.6 Å². The zero-order valence-corrected chi connectivity index (χ0v) is 24.6. The molecule has 5 N–H and O–H groups in total. The third kappa shape index (κ3) is 5.10. The summed E-state index contributed by atoms with van der Waals surface area (Å²) in [6.07, 6.45) is 6.89. The highest BCUT2D eigenvalue weighted by atomic mass is 16.5. The van der Waals surface area contributed by atoms with Gasteiger partial charge in [-0.2, -0.15) is 0 Å². The van der Waals surface area contributed by atoms with Crippen LogP contribution in [0.2, 0.25) is 0 Å². The number of carbonyl (C=O) groups is 1. The Morgan fingerprint density at radius 1 is 0.886 bits per heavy atom. The van der Waals surface area contributed by atoms with E-state index in [9.17, 15) is 35.1 Å². The zero-order chi connectivity index (χ0) is 31.3. The highest BCUT2D eigenvalue weighted by Crippen LogP contribution is 2.61. The van der Waals surface area contributed by atoms with E-state index in [0.29, 0.717) is 23.5 Å². The van der Waals surface area contributed by atoms with Gasteiger partial charge in [0.05, 0.1) is 5.39 Å². The number of phenols is 4. The molecule has 230 valence electrons. The maximum Gasteiger partial charge on any atom is 0.302 e. The highest BCUT2D eigenvalue weighted by Gasteiger charge is 2.56. The third-order valence-corrected chi connectivity index (χ3v) is 10.0. The molecule has 0 radical (unpaired) electrons. The Kier molecular flexibility index (Phi) is 7.43. The van der Waals surface area contributed by atoms with Crippen LogP contribution < -0.4 is 5.43 Å². The molecule has 1 aromatic heterocycles. The van der Waals surface area contributed by atoms with Crippen LogP contribution in [-0.2, 0) is 16.0 Å². The van der Waals surface area contributed by atoms with Crippen LogP contribution >= 0.6 is 0 Å². The van der Waals surface area contributed by atoms with E-state index in [1.54, 1.807) is 0 Å². The van der Waals surface area contributed by atoms with Gasteiger partial charge in [-0.25, -0.2) is 0 Å². The van der Waals surface area contributed by atoms with Gasteiger partial charge in [-0.05, 0) is 110 Å². The maximum absolute atomic E-state index is 12.1. The summed E-state index contributed by atoms with van der Waals surface area (Å²) in [6, 6.07) is 13.6. The Morgan fingerprint density at radius 2 is 1.64 bits per heavy atom. The number of aryl methyl sites for hydroxylation is 1. The fourth-order valence-corrected chi connectivity index (χ4v) is 7.95. The number of aromatic hydroxyl groups is 5. The van der Waals surface area contributed by atoms with Crippen molar-refractivity contribution < 1.29 is 39.5 Å². The molecule has 1 heterocycles. The molecule has 3 aliphatic carbocycles. The summed E-state index contributed by atoms with van der Waals surface area (Å²) in [7, 11) is 0. The van der Waals surface area contributed by atoms with Crippen molar-refractivity contribution in [1.29, 1.82) is 0 Å². The van der Waals surface area contributed by atoms with Gasteiger partial charge in [-0.15, -0.1) is 0 Å². The first-order valence-corrected chi connectivity index (χ1v) is 15.0. The molecule has 0 amide bonds. The molecular weight excluding hydrogens is 564 g/mol. The quantitative estimate of drug-likeness (QED) is 0.129. The third-order valence-electron chi connectivity index (χ3n) is 10.0. The van der Waals surface area contributed by atoms with Gasteiger partial charge in [0.1, 0.15) is 23.2 Å².